The third-order valence-electron chi connectivity index (χ3n) is 1.17. The van der Waals surface area contributed by atoms with Gasteiger partial charge in [0.2, 0.25) is 0 Å². The van der Waals surface area contributed by atoms with Crippen LogP contribution in [0.1, 0.15) is 16.2 Å². The number of hydrogen-bond acceptors (Lipinski definition) is 4. The summed E-state index contributed by atoms with van der Waals surface area (Å²) in [5, 5.41) is 8.34. The fourth-order valence-corrected chi connectivity index (χ4v) is 0.652. The van der Waals surface area contributed by atoms with Gasteiger partial charge in [0, 0.05) is 12.4 Å². The molecule has 0 saturated heterocycles. The van der Waals surface area contributed by atoms with Gasteiger partial charge >= 0.3 is 5.97 Å². The molecule has 5 nitrogen and oxygen atoms in total. The van der Waals surface area contributed by atoms with E-state index in [1.165, 1.54) is 12.4 Å². The summed E-state index contributed by atoms with van der Waals surface area (Å²) < 4.78 is 0. The zero-order valence-electron chi connectivity index (χ0n) is 6.10. The SMILES string of the molecule is O=Cc1cnc(CC(=O)O)nc1. The molecule has 0 saturated carbocycles. The number of carboxylic acid groups (broad SMARTS) is 1. The Morgan fingerprint density at radius 2 is 2.08 bits per heavy atom. The van der Waals surface area contributed by atoms with Crippen molar-refractivity contribution in [2.75, 3.05) is 0 Å². The van der Waals surface area contributed by atoms with Crippen molar-refractivity contribution in [2.45, 2.75) is 6.42 Å². The summed E-state index contributed by atoms with van der Waals surface area (Å²) in [6.07, 6.45) is 2.96. The van der Waals surface area contributed by atoms with E-state index in [0.29, 0.717) is 11.8 Å². The monoisotopic (exact) mass is 166 g/mol. The number of carbonyl (C=O) groups excluding carboxylic acids is 1. The molecule has 0 aliphatic rings. The van der Waals surface area contributed by atoms with Gasteiger partial charge in [-0.15, -0.1) is 0 Å². The van der Waals surface area contributed by atoms with Crippen LogP contribution in [0.4, 0.5) is 0 Å². The summed E-state index contributed by atoms with van der Waals surface area (Å²) >= 11 is 0. The van der Waals surface area contributed by atoms with Crippen LogP contribution >= 0.6 is 0 Å². The molecule has 0 aliphatic carbocycles. The highest BCUT2D eigenvalue weighted by atomic mass is 16.4. The second kappa shape index (κ2) is 3.56. The van der Waals surface area contributed by atoms with Crippen molar-refractivity contribution in [1.29, 1.82) is 0 Å². The quantitative estimate of drug-likeness (QED) is 0.635. The highest BCUT2D eigenvalue weighted by Crippen LogP contribution is 1.93. The van der Waals surface area contributed by atoms with Crippen molar-refractivity contribution in [1.82, 2.24) is 9.97 Å². The fraction of sp³-hybridized carbons (Fsp3) is 0.143. The maximum Gasteiger partial charge on any atom is 0.311 e. The standard InChI is InChI=1S/C7H6N2O3/c10-4-5-2-8-6(9-3-5)1-7(11)12/h2-4H,1H2,(H,11,12). The van der Waals surface area contributed by atoms with Crippen LogP contribution in [-0.2, 0) is 11.2 Å². The third kappa shape index (κ3) is 2.12. The van der Waals surface area contributed by atoms with Crippen molar-refractivity contribution < 1.29 is 14.7 Å². The van der Waals surface area contributed by atoms with E-state index in [1.54, 1.807) is 0 Å². The first-order valence-corrected chi connectivity index (χ1v) is 3.20. The molecule has 1 rings (SSSR count). The van der Waals surface area contributed by atoms with Crippen LogP contribution in [-0.4, -0.2) is 27.3 Å². The zero-order valence-corrected chi connectivity index (χ0v) is 6.10. The van der Waals surface area contributed by atoms with Crippen molar-refractivity contribution in [3.63, 3.8) is 0 Å². The number of carboxylic acids is 1. The lowest BCUT2D eigenvalue weighted by atomic mass is 10.3. The first kappa shape index (κ1) is 8.32. The Morgan fingerprint density at radius 1 is 1.50 bits per heavy atom. The predicted octanol–water partition coefficient (Wildman–Crippen LogP) is -0.0838. The Balaban J connectivity index is 2.77. The zero-order chi connectivity index (χ0) is 8.97. The van der Waals surface area contributed by atoms with Crippen LogP contribution < -0.4 is 0 Å². The van der Waals surface area contributed by atoms with E-state index in [9.17, 15) is 9.59 Å². The number of aliphatic carboxylic acids is 1. The van der Waals surface area contributed by atoms with E-state index >= 15 is 0 Å². The van der Waals surface area contributed by atoms with Gasteiger partial charge in [-0.2, -0.15) is 0 Å². The molecule has 0 fully saturated rings. The van der Waals surface area contributed by atoms with Crippen LogP contribution in [0.25, 0.3) is 0 Å². The molecule has 12 heavy (non-hydrogen) atoms. The first-order valence-electron chi connectivity index (χ1n) is 3.20. The molecule has 0 aromatic carbocycles. The molecule has 0 atom stereocenters. The van der Waals surface area contributed by atoms with E-state index in [4.69, 9.17) is 5.11 Å². The molecule has 0 amide bonds. The van der Waals surface area contributed by atoms with Gasteiger partial charge in [-0.25, -0.2) is 9.97 Å². The minimum Gasteiger partial charge on any atom is -0.481 e. The predicted molar refractivity (Wildman–Crippen MR) is 38.8 cm³/mol. The van der Waals surface area contributed by atoms with E-state index in [-0.39, 0.29) is 12.2 Å². The maximum absolute atomic E-state index is 10.2. The van der Waals surface area contributed by atoms with Gasteiger partial charge in [-0.3, -0.25) is 9.59 Å². The van der Waals surface area contributed by atoms with Crippen molar-refractivity contribution in [3.05, 3.63) is 23.8 Å². The van der Waals surface area contributed by atoms with Gasteiger partial charge < -0.3 is 5.11 Å². The van der Waals surface area contributed by atoms with E-state index in [1.807, 2.05) is 0 Å². The van der Waals surface area contributed by atoms with Crippen LogP contribution in [0.5, 0.6) is 0 Å². The van der Waals surface area contributed by atoms with E-state index < -0.39 is 5.97 Å². The molecule has 0 aliphatic heterocycles. The van der Waals surface area contributed by atoms with Gasteiger partial charge in [0.1, 0.15) is 12.2 Å². The van der Waals surface area contributed by atoms with E-state index in [0.717, 1.165) is 0 Å². The van der Waals surface area contributed by atoms with Crippen LogP contribution in [0.15, 0.2) is 12.4 Å². The first-order chi connectivity index (χ1) is 5.72. The van der Waals surface area contributed by atoms with Crippen molar-refractivity contribution in [3.8, 4) is 0 Å². The molecule has 0 radical (unpaired) electrons. The number of hydrogen-bond donors (Lipinski definition) is 1. The minimum absolute atomic E-state index is 0.202. The number of carbonyl (C=O) groups is 2. The Hall–Kier alpha value is -1.78. The average Bonchev–Trinajstić information content (AvgIpc) is 2.05. The topological polar surface area (TPSA) is 80.2 Å². The number of nitrogens with zero attached hydrogens (tertiary/aromatic N) is 2. The summed E-state index contributed by atoms with van der Waals surface area (Å²) in [4.78, 5) is 27.7. The number of aromatic nitrogens is 2. The second-order valence-electron chi connectivity index (χ2n) is 2.12. The van der Waals surface area contributed by atoms with Crippen LogP contribution in [0.3, 0.4) is 0 Å². The molecule has 1 aromatic heterocycles. The maximum atomic E-state index is 10.2. The molecule has 1 aromatic rings. The molecule has 0 spiro atoms. The molecule has 1 heterocycles. The lowest BCUT2D eigenvalue weighted by Crippen LogP contribution is -2.04. The number of aldehydes is 1. The Kier molecular flexibility index (Phi) is 2.47. The molecule has 62 valence electrons. The summed E-state index contributed by atoms with van der Waals surface area (Å²) in [6, 6.07) is 0. The van der Waals surface area contributed by atoms with Gasteiger partial charge in [-0.05, 0) is 0 Å². The molecular weight excluding hydrogens is 160 g/mol. The largest absolute Gasteiger partial charge is 0.481 e. The second-order valence-corrected chi connectivity index (χ2v) is 2.12. The summed E-state index contributed by atoms with van der Waals surface area (Å²) in [5.74, 6) is -0.790. The van der Waals surface area contributed by atoms with Crippen LogP contribution in [0.2, 0.25) is 0 Å². The third-order valence-corrected chi connectivity index (χ3v) is 1.17. The normalized spacial score (nSPS) is 9.33. The highest BCUT2D eigenvalue weighted by Gasteiger charge is 2.02. The highest BCUT2D eigenvalue weighted by molar-refractivity contribution is 5.73. The smallest absolute Gasteiger partial charge is 0.311 e. The molecule has 0 unspecified atom stereocenters. The van der Waals surface area contributed by atoms with Crippen molar-refractivity contribution in [2.24, 2.45) is 0 Å². The fourth-order valence-electron chi connectivity index (χ4n) is 0.652. The summed E-state index contributed by atoms with van der Waals surface area (Å²) in [6.45, 7) is 0. The molecule has 0 bridgehead atoms. The average molecular weight is 166 g/mol. The minimum atomic E-state index is -0.992. The van der Waals surface area contributed by atoms with Gasteiger partial charge in [-0.1, -0.05) is 0 Å². The lowest BCUT2D eigenvalue weighted by molar-refractivity contribution is -0.136. The number of rotatable bonds is 3. The van der Waals surface area contributed by atoms with Crippen molar-refractivity contribution >= 4 is 12.3 Å². The Labute approximate surface area is 68.1 Å². The summed E-state index contributed by atoms with van der Waals surface area (Å²) in [7, 11) is 0. The Morgan fingerprint density at radius 3 is 2.50 bits per heavy atom. The van der Waals surface area contributed by atoms with E-state index in [2.05, 4.69) is 9.97 Å². The van der Waals surface area contributed by atoms with Gasteiger partial charge in [0.25, 0.3) is 0 Å². The lowest BCUT2D eigenvalue weighted by Gasteiger charge is -1.93. The summed E-state index contributed by atoms with van der Waals surface area (Å²) in [5.41, 5.74) is 0.337. The van der Waals surface area contributed by atoms with Gasteiger partial charge in [0.15, 0.2) is 6.29 Å². The van der Waals surface area contributed by atoms with Gasteiger partial charge in [0.05, 0.1) is 5.56 Å². The van der Waals surface area contributed by atoms with Crippen LogP contribution in [0, 0.1) is 0 Å². The Bertz CT molecular complexity index is 294. The molecular formula is C7H6N2O3. The molecule has 5 heteroatoms. The molecule has 1 N–H and O–H groups in total.